The molecule has 116 valence electrons. The van der Waals surface area contributed by atoms with Crippen molar-refractivity contribution in [2.75, 3.05) is 5.32 Å². The molecule has 1 aromatic rings. The highest BCUT2D eigenvalue weighted by molar-refractivity contribution is 5.88. The average molecular weight is 292 g/mol. The molecule has 2 atom stereocenters. The van der Waals surface area contributed by atoms with E-state index in [2.05, 4.69) is 19.2 Å². The normalized spacial score (nSPS) is 26.4. The number of carbonyl (C=O) groups excluding carboxylic acids is 1. The van der Waals surface area contributed by atoms with Gasteiger partial charge in [0.1, 0.15) is 11.4 Å². The van der Waals surface area contributed by atoms with Crippen molar-refractivity contribution in [3.05, 3.63) is 30.1 Å². The maximum Gasteiger partial charge on any atom is 0.243 e. The fourth-order valence-electron chi connectivity index (χ4n) is 3.31. The second kappa shape index (κ2) is 6.46. The number of amides is 1. The van der Waals surface area contributed by atoms with Crippen LogP contribution in [0.1, 0.15) is 46.0 Å². The molecule has 2 unspecified atom stereocenters. The van der Waals surface area contributed by atoms with Crippen molar-refractivity contribution in [2.24, 2.45) is 17.6 Å². The van der Waals surface area contributed by atoms with Crippen molar-refractivity contribution in [3.8, 4) is 0 Å². The molecule has 3 nitrogen and oxygen atoms in total. The lowest BCUT2D eigenvalue weighted by atomic mass is 9.86. The molecule has 1 aromatic carbocycles. The molecule has 0 radical (unpaired) electrons. The summed E-state index contributed by atoms with van der Waals surface area (Å²) in [5.41, 5.74) is 5.55. The number of hydrogen-bond acceptors (Lipinski definition) is 2. The van der Waals surface area contributed by atoms with Gasteiger partial charge in [0, 0.05) is 5.69 Å². The van der Waals surface area contributed by atoms with Crippen molar-refractivity contribution in [2.45, 2.75) is 51.5 Å². The zero-order valence-corrected chi connectivity index (χ0v) is 12.9. The van der Waals surface area contributed by atoms with Crippen LogP contribution in [0, 0.1) is 17.7 Å². The number of rotatable bonds is 4. The number of nitrogens with one attached hydrogen (secondary N) is 1. The molecule has 1 amide bonds. The monoisotopic (exact) mass is 292 g/mol. The maximum atomic E-state index is 13.3. The van der Waals surface area contributed by atoms with Gasteiger partial charge in [-0.1, -0.05) is 32.8 Å². The van der Waals surface area contributed by atoms with Crippen LogP contribution in [0.5, 0.6) is 0 Å². The first-order chi connectivity index (χ1) is 9.93. The predicted octanol–water partition coefficient (Wildman–Crippen LogP) is 3.70. The highest BCUT2D eigenvalue weighted by Gasteiger charge is 2.39. The van der Waals surface area contributed by atoms with E-state index < -0.39 is 5.54 Å². The second-order valence-corrected chi connectivity index (χ2v) is 6.52. The molecule has 1 saturated carbocycles. The molecule has 4 heteroatoms. The Bertz CT molecular complexity index is 503. The molecular weight excluding hydrogens is 267 g/mol. The molecule has 1 aliphatic rings. The number of hydrogen-bond donors (Lipinski definition) is 2. The third-order valence-electron chi connectivity index (χ3n) is 4.74. The van der Waals surface area contributed by atoms with Gasteiger partial charge in [0.2, 0.25) is 5.91 Å². The minimum absolute atomic E-state index is 0.312. The van der Waals surface area contributed by atoms with Crippen molar-refractivity contribution in [1.29, 1.82) is 0 Å². The molecule has 0 spiro atoms. The van der Waals surface area contributed by atoms with Crippen molar-refractivity contribution in [3.63, 3.8) is 0 Å². The lowest BCUT2D eigenvalue weighted by Crippen LogP contribution is -2.50. The molecule has 0 saturated heterocycles. The predicted molar refractivity (Wildman–Crippen MR) is 83.4 cm³/mol. The summed E-state index contributed by atoms with van der Waals surface area (Å²) in [6.45, 7) is 4.45. The summed E-state index contributed by atoms with van der Waals surface area (Å²) >= 11 is 0. The molecule has 0 aliphatic heterocycles. The number of carbonyl (C=O) groups is 1. The third-order valence-corrected chi connectivity index (χ3v) is 4.74. The van der Waals surface area contributed by atoms with E-state index in [0.29, 0.717) is 30.4 Å². The Balaban J connectivity index is 2.19. The Labute approximate surface area is 126 Å². The molecular formula is C17H25FN2O. The van der Waals surface area contributed by atoms with E-state index >= 15 is 0 Å². The zero-order chi connectivity index (χ0) is 15.5. The molecule has 0 bridgehead atoms. The summed E-state index contributed by atoms with van der Waals surface area (Å²) in [7, 11) is 0. The maximum absolute atomic E-state index is 13.3. The van der Waals surface area contributed by atoms with Crippen LogP contribution in [0.3, 0.4) is 0 Å². The first-order valence-electron chi connectivity index (χ1n) is 7.76. The van der Waals surface area contributed by atoms with Crippen LogP contribution < -0.4 is 11.1 Å². The highest BCUT2D eigenvalue weighted by atomic mass is 19.1. The highest BCUT2D eigenvalue weighted by Crippen LogP contribution is 2.36. The standard InChI is InChI=1S/C17H25FN2O/c1-12(2)13-5-4-9-17(10-8-13,16(19)21)20-15-7-3-6-14(18)11-15/h3,6-7,11-13,20H,4-5,8-10H2,1-2H3,(H2,19,21). The van der Waals surface area contributed by atoms with Crippen molar-refractivity contribution >= 4 is 11.6 Å². The Hall–Kier alpha value is -1.58. The molecule has 3 N–H and O–H groups in total. The molecule has 21 heavy (non-hydrogen) atoms. The van der Waals surface area contributed by atoms with E-state index in [4.69, 9.17) is 5.73 Å². The van der Waals surface area contributed by atoms with E-state index in [-0.39, 0.29) is 11.7 Å². The van der Waals surface area contributed by atoms with Gasteiger partial charge < -0.3 is 11.1 Å². The number of anilines is 1. The fraction of sp³-hybridized carbons (Fsp3) is 0.588. The molecule has 1 aliphatic carbocycles. The Morgan fingerprint density at radius 1 is 1.38 bits per heavy atom. The summed E-state index contributed by atoms with van der Waals surface area (Å²) < 4.78 is 13.3. The number of benzene rings is 1. The van der Waals surface area contributed by atoms with Gasteiger partial charge in [-0.25, -0.2) is 4.39 Å². The minimum Gasteiger partial charge on any atom is -0.371 e. The van der Waals surface area contributed by atoms with Gasteiger partial charge in [-0.05, 0) is 49.3 Å². The summed E-state index contributed by atoms with van der Waals surface area (Å²) in [6.07, 6.45) is 4.48. The Morgan fingerprint density at radius 3 is 2.76 bits per heavy atom. The topological polar surface area (TPSA) is 55.1 Å². The van der Waals surface area contributed by atoms with Crippen LogP contribution in [0.15, 0.2) is 24.3 Å². The van der Waals surface area contributed by atoms with E-state index in [1.807, 2.05) is 0 Å². The largest absolute Gasteiger partial charge is 0.371 e. The Morgan fingerprint density at radius 2 is 2.14 bits per heavy atom. The van der Waals surface area contributed by atoms with Gasteiger partial charge in [-0.15, -0.1) is 0 Å². The number of halogens is 1. The lowest BCUT2D eigenvalue weighted by Gasteiger charge is -2.32. The summed E-state index contributed by atoms with van der Waals surface area (Å²) in [5.74, 6) is 0.591. The van der Waals surface area contributed by atoms with Crippen LogP contribution in [0.2, 0.25) is 0 Å². The molecule has 1 fully saturated rings. The van der Waals surface area contributed by atoms with Gasteiger partial charge in [0.05, 0.1) is 0 Å². The van der Waals surface area contributed by atoms with Gasteiger partial charge >= 0.3 is 0 Å². The summed E-state index contributed by atoms with van der Waals surface area (Å²) in [6, 6.07) is 6.22. The van der Waals surface area contributed by atoms with Crippen molar-refractivity contribution < 1.29 is 9.18 Å². The van der Waals surface area contributed by atoms with Crippen LogP contribution >= 0.6 is 0 Å². The zero-order valence-electron chi connectivity index (χ0n) is 12.9. The molecule has 2 rings (SSSR count). The van der Waals surface area contributed by atoms with Gasteiger partial charge in [-0.2, -0.15) is 0 Å². The fourth-order valence-corrected chi connectivity index (χ4v) is 3.31. The van der Waals surface area contributed by atoms with E-state index in [9.17, 15) is 9.18 Å². The van der Waals surface area contributed by atoms with Gasteiger partial charge in [0.25, 0.3) is 0 Å². The van der Waals surface area contributed by atoms with Crippen LogP contribution in [-0.2, 0) is 4.79 Å². The van der Waals surface area contributed by atoms with Crippen LogP contribution in [-0.4, -0.2) is 11.4 Å². The lowest BCUT2D eigenvalue weighted by molar-refractivity contribution is -0.122. The third kappa shape index (κ3) is 3.74. The number of primary amides is 1. The first kappa shape index (κ1) is 15.8. The van der Waals surface area contributed by atoms with E-state index in [0.717, 1.165) is 19.3 Å². The van der Waals surface area contributed by atoms with E-state index in [1.54, 1.807) is 12.1 Å². The Kier molecular flexibility index (Phi) is 4.86. The van der Waals surface area contributed by atoms with Gasteiger partial charge in [0.15, 0.2) is 0 Å². The molecule has 0 aromatic heterocycles. The molecule has 0 heterocycles. The second-order valence-electron chi connectivity index (χ2n) is 6.52. The van der Waals surface area contributed by atoms with Crippen LogP contribution in [0.25, 0.3) is 0 Å². The SMILES string of the molecule is CC(C)C1CCCC(Nc2cccc(F)c2)(C(N)=O)CC1. The minimum atomic E-state index is -0.753. The summed E-state index contributed by atoms with van der Waals surface area (Å²) in [4.78, 5) is 12.1. The van der Waals surface area contributed by atoms with E-state index in [1.165, 1.54) is 12.1 Å². The smallest absolute Gasteiger partial charge is 0.243 e. The summed E-state index contributed by atoms with van der Waals surface area (Å²) in [5, 5.41) is 3.22. The average Bonchev–Trinajstić information content (AvgIpc) is 2.62. The first-order valence-corrected chi connectivity index (χ1v) is 7.76. The van der Waals surface area contributed by atoms with Crippen LogP contribution in [0.4, 0.5) is 10.1 Å². The quantitative estimate of drug-likeness (QED) is 0.831. The van der Waals surface area contributed by atoms with Gasteiger partial charge in [-0.3, -0.25) is 4.79 Å². The van der Waals surface area contributed by atoms with Crippen molar-refractivity contribution in [1.82, 2.24) is 0 Å². The number of nitrogens with two attached hydrogens (primary N) is 1.